The first-order valence-corrected chi connectivity index (χ1v) is 7.07. The second kappa shape index (κ2) is 6.13. The quantitative estimate of drug-likeness (QED) is 0.546. The van der Waals surface area contributed by atoms with Crippen LogP contribution in [0.4, 0.5) is 22.7 Å². The summed E-state index contributed by atoms with van der Waals surface area (Å²) in [7, 11) is 0. The number of amides is 1. The predicted molar refractivity (Wildman–Crippen MR) is 87.5 cm³/mol. The Kier molecular flexibility index (Phi) is 4.00. The van der Waals surface area contributed by atoms with Crippen molar-refractivity contribution >= 4 is 51.3 Å². The van der Waals surface area contributed by atoms with Gasteiger partial charge in [0.25, 0.3) is 0 Å². The number of nitrogens with one attached hydrogen (secondary N) is 2. The minimum atomic E-state index is -0.586. The van der Waals surface area contributed by atoms with Gasteiger partial charge in [-0.2, -0.15) is 0 Å². The fourth-order valence-corrected chi connectivity index (χ4v) is 2.40. The third-order valence-electron chi connectivity index (χ3n) is 3.13. The number of aromatic nitrogens is 2. The highest BCUT2D eigenvalue weighted by molar-refractivity contribution is 6.35. The molecule has 2 N–H and O–H groups in total. The molecule has 2 aromatic carbocycles. The maximum Gasteiger partial charge on any atom is 0.324 e. The van der Waals surface area contributed by atoms with Crippen molar-refractivity contribution in [2.45, 2.75) is 6.92 Å². The van der Waals surface area contributed by atoms with E-state index in [1.807, 2.05) is 0 Å². The van der Waals surface area contributed by atoms with Gasteiger partial charge in [-0.3, -0.25) is 14.9 Å². The first-order chi connectivity index (χ1) is 11.5. The van der Waals surface area contributed by atoms with Crippen LogP contribution in [0.3, 0.4) is 0 Å². The molecule has 0 radical (unpaired) electrons. The molecule has 24 heavy (non-hydrogen) atoms. The number of benzene rings is 2. The molecule has 1 amide bonds. The van der Waals surface area contributed by atoms with Crippen LogP contribution in [-0.2, 0) is 4.79 Å². The molecule has 10 heteroatoms. The lowest BCUT2D eigenvalue weighted by Crippen LogP contribution is -2.05. The van der Waals surface area contributed by atoms with E-state index in [1.54, 1.807) is 24.3 Å². The van der Waals surface area contributed by atoms with Gasteiger partial charge in [-0.05, 0) is 40.6 Å². The Morgan fingerprint density at radius 3 is 2.46 bits per heavy atom. The Labute approximate surface area is 139 Å². The molecule has 0 saturated heterocycles. The third kappa shape index (κ3) is 2.97. The zero-order chi connectivity index (χ0) is 17.3. The Hall–Kier alpha value is -3.20. The summed E-state index contributed by atoms with van der Waals surface area (Å²) in [5.74, 6) is -0.192. The lowest BCUT2D eigenvalue weighted by molar-refractivity contribution is -0.382. The summed E-state index contributed by atoms with van der Waals surface area (Å²) in [5.41, 5.74) is 1.12. The van der Waals surface area contributed by atoms with Crippen LogP contribution in [0.25, 0.3) is 11.0 Å². The summed E-state index contributed by atoms with van der Waals surface area (Å²) in [6, 6.07) is 8.02. The number of anilines is 3. The average molecular weight is 348 g/mol. The van der Waals surface area contributed by atoms with Crippen molar-refractivity contribution < 1.29 is 14.3 Å². The fourth-order valence-electron chi connectivity index (χ4n) is 2.17. The Morgan fingerprint density at radius 1 is 1.21 bits per heavy atom. The number of nitro groups is 1. The molecule has 1 heterocycles. The zero-order valence-corrected chi connectivity index (χ0v) is 13.0. The van der Waals surface area contributed by atoms with Crippen LogP contribution < -0.4 is 10.6 Å². The molecule has 122 valence electrons. The highest BCUT2D eigenvalue weighted by Gasteiger charge is 2.25. The number of carbonyl (C=O) groups is 1. The van der Waals surface area contributed by atoms with Crippen LogP contribution in [0, 0.1) is 10.1 Å². The molecule has 0 saturated carbocycles. The van der Waals surface area contributed by atoms with E-state index in [-0.39, 0.29) is 33.3 Å². The molecule has 0 fully saturated rings. The summed E-state index contributed by atoms with van der Waals surface area (Å²) in [6.45, 7) is 1.40. The monoisotopic (exact) mass is 347 g/mol. The van der Waals surface area contributed by atoms with Crippen LogP contribution in [-0.4, -0.2) is 21.1 Å². The van der Waals surface area contributed by atoms with Crippen molar-refractivity contribution in [1.82, 2.24) is 10.3 Å². The highest BCUT2D eigenvalue weighted by Crippen LogP contribution is 2.37. The van der Waals surface area contributed by atoms with Gasteiger partial charge in [-0.25, -0.2) is 4.63 Å². The third-order valence-corrected chi connectivity index (χ3v) is 3.42. The van der Waals surface area contributed by atoms with Gasteiger partial charge in [-0.1, -0.05) is 11.6 Å². The molecule has 0 unspecified atom stereocenters. The number of fused-ring (bicyclic) bond motifs is 1. The number of carbonyl (C=O) groups excluding carboxylic acids is 1. The largest absolute Gasteiger partial charge is 0.350 e. The van der Waals surface area contributed by atoms with Gasteiger partial charge in [0, 0.05) is 18.3 Å². The van der Waals surface area contributed by atoms with E-state index in [0.717, 1.165) is 0 Å². The van der Waals surface area contributed by atoms with E-state index in [2.05, 4.69) is 25.6 Å². The Bertz CT molecular complexity index is 938. The minimum absolute atomic E-state index is 0.0372. The van der Waals surface area contributed by atoms with Gasteiger partial charge in [0.1, 0.15) is 5.69 Å². The molecule has 9 nitrogen and oxygen atoms in total. The molecule has 0 spiro atoms. The molecule has 0 aliphatic heterocycles. The SMILES string of the molecule is CC(=O)Nc1ccc(Nc2cc(Cl)c3nonc3c2[N+](=O)[O-])cc1. The second-order valence-electron chi connectivity index (χ2n) is 4.86. The van der Waals surface area contributed by atoms with E-state index in [9.17, 15) is 14.9 Å². The van der Waals surface area contributed by atoms with Crippen molar-refractivity contribution in [3.8, 4) is 0 Å². The van der Waals surface area contributed by atoms with E-state index >= 15 is 0 Å². The van der Waals surface area contributed by atoms with Crippen LogP contribution in [0.5, 0.6) is 0 Å². The van der Waals surface area contributed by atoms with Gasteiger partial charge in [0.15, 0.2) is 5.52 Å². The fraction of sp³-hybridized carbons (Fsp3) is 0.0714. The lowest BCUT2D eigenvalue weighted by atomic mass is 10.2. The Balaban J connectivity index is 1.99. The van der Waals surface area contributed by atoms with Crippen molar-refractivity contribution in [3.63, 3.8) is 0 Å². The van der Waals surface area contributed by atoms with Gasteiger partial charge in [0.2, 0.25) is 11.4 Å². The summed E-state index contributed by atoms with van der Waals surface area (Å²) >= 11 is 6.06. The van der Waals surface area contributed by atoms with Gasteiger partial charge in [0.05, 0.1) is 9.95 Å². The van der Waals surface area contributed by atoms with Crippen molar-refractivity contribution in [3.05, 3.63) is 45.5 Å². The summed E-state index contributed by atoms with van der Waals surface area (Å²) in [5, 5.41) is 24.2. The first kappa shape index (κ1) is 15.7. The molecule has 0 atom stereocenters. The summed E-state index contributed by atoms with van der Waals surface area (Å²) < 4.78 is 4.54. The number of hydrogen-bond acceptors (Lipinski definition) is 7. The lowest BCUT2D eigenvalue weighted by Gasteiger charge is -2.09. The van der Waals surface area contributed by atoms with E-state index in [0.29, 0.717) is 11.4 Å². The topological polar surface area (TPSA) is 123 Å². The number of rotatable bonds is 4. The molecular formula is C14H10ClN5O4. The van der Waals surface area contributed by atoms with Crippen LogP contribution in [0.2, 0.25) is 5.02 Å². The zero-order valence-electron chi connectivity index (χ0n) is 12.2. The summed E-state index contributed by atoms with van der Waals surface area (Å²) in [4.78, 5) is 21.8. The molecule has 3 rings (SSSR count). The number of halogens is 1. The minimum Gasteiger partial charge on any atom is -0.350 e. The second-order valence-corrected chi connectivity index (χ2v) is 5.26. The molecule has 0 aliphatic rings. The highest BCUT2D eigenvalue weighted by atomic mass is 35.5. The summed E-state index contributed by atoms with van der Waals surface area (Å²) in [6.07, 6.45) is 0. The molecular weight excluding hydrogens is 338 g/mol. The van der Waals surface area contributed by atoms with E-state index in [4.69, 9.17) is 11.6 Å². The van der Waals surface area contributed by atoms with Crippen molar-refractivity contribution in [2.24, 2.45) is 0 Å². The van der Waals surface area contributed by atoms with Gasteiger partial charge in [-0.15, -0.1) is 0 Å². The van der Waals surface area contributed by atoms with Crippen molar-refractivity contribution in [1.29, 1.82) is 0 Å². The van der Waals surface area contributed by atoms with Crippen LogP contribution in [0.1, 0.15) is 6.92 Å². The van der Waals surface area contributed by atoms with Crippen LogP contribution in [0.15, 0.2) is 35.0 Å². The average Bonchev–Trinajstić information content (AvgIpc) is 2.98. The Morgan fingerprint density at radius 2 is 1.83 bits per heavy atom. The van der Waals surface area contributed by atoms with Crippen LogP contribution >= 0.6 is 11.6 Å². The molecule has 3 aromatic rings. The molecule has 1 aromatic heterocycles. The number of hydrogen-bond donors (Lipinski definition) is 2. The standard InChI is InChI=1S/C14H10ClN5O4/c1-7(21)16-8-2-4-9(5-3-8)17-11-6-10(15)12-13(19-24-18-12)14(11)20(22)23/h2-6,17H,1H3,(H,16,21). The van der Waals surface area contributed by atoms with E-state index < -0.39 is 4.92 Å². The maximum absolute atomic E-state index is 11.4. The number of nitrogens with zero attached hydrogens (tertiary/aromatic N) is 3. The predicted octanol–water partition coefficient (Wildman–Crippen LogP) is 3.49. The normalized spacial score (nSPS) is 10.6. The first-order valence-electron chi connectivity index (χ1n) is 6.69. The van der Waals surface area contributed by atoms with Gasteiger partial charge >= 0.3 is 5.69 Å². The van der Waals surface area contributed by atoms with Gasteiger partial charge < -0.3 is 10.6 Å². The smallest absolute Gasteiger partial charge is 0.324 e. The molecule has 0 bridgehead atoms. The number of nitro benzene ring substituents is 1. The maximum atomic E-state index is 11.4. The van der Waals surface area contributed by atoms with E-state index in [1.165, 1.54) is 13.0 Å². The molecule has 0 aliphatic carbocycles. The van der Waals surface area contributed by atoms with Crippen molar-refractivity contribution in [2.75, 3.05) is 10.6 Å².